The Morgan fingerprint density at radius 1 is 1.12 bits per heavy atom. The molecule has 24 heavy (non-hydrogen) atoms. The largest absolute Gasteiger partial charge is 0.360 e. The second kappa shape index (κ2) is 7.00. The molecule has 0 aliphatic heterocycles. The minimum atomic E-state index is -0.444. The molecule has 0 spiro atoms. The molecule has 0 aliphatic rings. The number of benzene rings is 1. The lowest BCUT2D eigenvalue weighted by Crippen LogP contribution is -2.42. The standard InChI is InChI=1S/C17H25N5O2/c1-11-7-9-13(10-8-11)14(20(3)4)12(2)18-15-16(23)21(5)17(24)22(6)19-15/h7-10,12,14H,1-6H3,(H,18,19)/t12-,14+/m0/s1. The van der Waals surface area contributed by atoms with Gasteiger partial charge in [0.05, 0.1) is 6.04 Å². The lowest BCUT2D eigenvalue weighted by atomic mass is 9.98. The molecule has 0 bridgehead atoms. The monoisotopic (exact) mass is 331 g/mol. The fraction of sp³-hybridized carbons (Fsp3) is 0.471. The van der Waals surface area contributed by atoms with Crippen LogP contribution in [-0.4, -0.2) is 39.4 Å². The van der Waals surface area contributed by atoms with E-state index < -0.39 is 11.2 Å². The number of aromatic nitrogens is 3. The summed E-state index contributed by atoms with van der Waals surface area (Å²) in [6, 6.07) is 8.29. The summed E-state index contributed by atoms with van der Waals surface area (Å²) in [6.45, 7) is 4.05. The van der Waals surface area contributed by atoms with Gasteiger partial charge in [0.1, 0.15) is 0 Å². The number of nitrogens with one attached hydrogen (secondary N) is 1. The Hall–Kier alpha value is -2.41. The molecule has 130 valence electrons. The highest BCUT2D eigenvalue weighted by molar-refractivity contribution is 5.34. The van der Waals surface area contributed by atoms with E-state index in [0.29, 0.717) is 0 Å². The highest BCUT2D eigenvalue weighted by Gasteiger charge is 2.23. The Morgan fingerprint density at radius 3 is 2.25 bits per heavy atom. The lowest BCUT2D eigenvalue weighted by Gasteiger charge is -2.31. The van der Waals surface area contributed by atoms with Crippen LogP contribution in [0, 0.1) is 6.92 Å². The molecule has 7 heteroatoms. The molecule has 2 aromatic rings. The smallest absolute Gasteiger partial charge is 0.346 e. The van der Waals surface area contributed by atoms with Crippen LogP contribution in [0.1, 0.15) is 24.1 Å². The van der Waals surface area contributed by atoms with Crippen molar-refractivity contribution in [1.82, 2.24) is 19.2 Å². The number of aryl methyl sites for hydroxylation is 2. The molecule has 1 heterocycles. The Bertz CT molecular complexity index is 820. The number of likely N-dealkylation sites (N-methyl/N-ethyl adjacent to an activating group) is 1. The Balaban J connectivity index is 2.36. The zero-order valence-electron chi connectivity index (χ0n) is 15.1. The molecule has 1 aromatic carbocycles. The van der Waals surface area contributed by atoms with Gasteiger partial charge in [-0.25, -0.2) is 9.48 Å². The van der Waals surface area contributed by atoms with Crippen LogP contribution in [0.2, 0.25) is 0 Å². The highest BCUT2D eigenvalue weighted by Crippen LogP contribution is 2.24. The second-order valence-corrected chi connectivity index (χ2v) is 6.37. The molecule has 0 aliphatic carbocycles. The van der Waals surface area contributed by atoms with Gasteiger partial charge in [-0.2, -0.15) is 0 Å². The fourth-order valence-electron chi connectivity index (χ4n) is 2.88. The van der Waals surface area contributed by atoms with Gasteiger partial charge in [-0.05, 0) is 33.5 Å². The molecule has 7 nitrogen and oxygen atoms in total. The molecule has 0 fully saturated rings. The predicted octanol–water partition coefficient (Wildman–Crippen LogP) is 0.891. The van der Waals surface area contributed by atoms with Gasteiger partial charge in [-0.3, -0.25) is 9.36 Å². The third-order valence-electron chi connectivity index (χ3n) is 4.13. The lowest BCUT2D eigenvalue weighted by molar-refractivity contribution is 0.275. The first-order valence-corrected chi connectivity index (χ1v) is 7.86. The van der Waals surface area contributed by atoms with E-state index in [0.717, 1.165) is 14.8 Å². The van der Waals surface area contributed by atoms with E-state index in [-0.39, 0.29) is 17.9 Å². The molecule has 0 saturated heterocycles. The van der Waals surface area contributed by atoms with E-state index in [1.54, 1.807) is 0 Å². The van der Waals surface area contributed by atoms with Crippen LogP contribution >= 0.6 is 0 Å². The number of nitrogens with zero attached hydrogens (tertiary/aromatic N) is 4. The molecular weight excluding hydrogens is 306 g/mol. The molecule has 0 radical (unpaired) electrons. The normalized spacial score (nSPS) is 13.8. The molecule has 0 unspecified atom stereocenters. The van der Waals surface area contributed by atoms with E-state index in [9.17, 15) is 9.59 Å². The summed E-state index contributed by atoms with van der Waals surface area (Å²) >= 11 is 0. The van der Waals surface area contributed by atoms with Gasteiger partial charge < -0.3 is 10.2 Å². The van der Waals surface area contributed by atoms with Crippen molar-refractivity contribution in [2.45, 2.75) is 25.9 Å². The maximum absolute atomic E-state index is 12.3. The van der Waals surface area contributed by atoms with Crippen molar-refractivity contribution in [1.29, 1.82) is 0 Å². The quantitative estimate of drug-likeness (QED) is 0.881. The summed E-state index contributed by atoms with van der Waals surface area (Å²) in [7, 11) is 6.97. The van der Waals surface area contributed by atoms with Crippen LogP contribution in [-0.2, 0) is 14.1 Å². The van der Waals surface area contributed by atoms with Crippen molar-refractivity contribution in [3.8, 4) is 0 Å². The molecule has 0 saturated carbocycles. The van der Waals surface area contributed by atoms with Gasteiger partial charge >= 0.3 is 5.69 Å². The van der Waals surface area contributed by atoms with Gasteiger partial charge in [0.25, 0.3) is 5.56 Å². The molecule has 1 aromatic heterocycles. The van der Waals surface area contributed by atoms with Crippen molar-refractivity contribution in [2.24, 2.45) is 14.1 Å². The second-order valence-electron chi connectivity index (χ2n) is 6.37. The van der Waals surface area contributed by atoms with Gasteiger partial charge in [0.2, 0.25) is 5.82 Å². The summed E-state index contributed by atoms with van der Waals surface area (Å²) in [5.74, 6) is 0.172. The minimum absolute atomic E-state index is 0.0503. The number of hydrogen-bond donors (Lipinski definition) is 1. The molecule has 2 atom stereocenters. The van der Waals surface area contributed by atoms with E-state index >= 15 is 0 Å². The van der Waals surface area contributed by atoms with Crippen LogP contribution < -0.4 is 16.6 Å². The zero-order valence-corrected chi connectivity index (χ0v) is 15.1. The molecule has 2 rings (SSSR count). The number of rotatable bonds is 5. The molecule has 0 amide bonds. The van der Waals surface area contributed by atoms with Crippen molar-refractivity contribution in [3.63, 3.8) is 0 Å². The molecule has 1 N–H and O–H groups in total. The van der Waals surface area contributed by atoms with E-state index in [1.165, 1.54) is 19.7 Å². The van der Waals surface area contributed by atoms with Crippen LogP contribution in [0.5, 0.6) is 0 Å². The topological polar surface area (TPSA) is 72.2 Å². The third-order valence-corrected chi connectivity index (χ3v) is 4.13. The van der Waals surface area contributed by atoms with Crippen LogP contribution in [0.15, 0.2) is 33.9 Å². The number of hydrogen-bond acceptors (Lipinski definition) is 5. The van der Waals surface area contributed by atoms with E-state index in [1.807, 2.05) is 27.9 Å². The Kier molecular flexibility index (Phi) is 5.23. The van der Waals surface area contributed by atoms with Gasteiger partial charge in [-0.1, -0.05) is 29.8 Å². The first-order valence-electron chi connectivity index (χ1n) is 7.86. The highest BCUT2D eigenvalue weighted by atomic mass is 16.2. The summed E-state index contributed by atoms with van der Waals surface area (Å²) in [6.07, 6.45) is 0. The Labute approximate surface area is 141 Å². The van der Waals surface area contributed by atoms with Crippen molar-refractivity contribution in [2.75, 3.05) is 19.4 Å². The van der Waals surface area contributed by atoms with Crippen LogP contribution in [0.3, 0.4) is 0 Å². The first kappa shape index (κ1) is 17.9. The predicted molar refractivity (Wildman–Crippen MR) is 95.4 cm³/mol. The van der Waals surface area contributed by atoms with Gasteiger partial charge in [0.15, 0.2) is 0 Å². The van der Waals surface area contributed by atoms with Crippen LogP contribution in [0.25, 0.3) is 0 Å². The van der Waals surface area contributed by atoms with Gasteiger partial charge in [0, 0.05) is 20.1 Å². The third kappa shape index (κ3) is 3.56. The van der Waals surface area contributed by atoms with Gasteiger partial charge in [-0.15, -0.1) is 5.10 Å². The summed E-state index contributed by atoms with van der Waals surface area (Å²) in [4.78, 5) is 26.1. The zero-order chi connectivity index (χ0) is 18.0. The van der Waals surface area contributed by atoms with Crippen molar-refractivity contribution < 1.29 is 0 Å². The average molecular weight is 331 g/mol. The first-order chi connectivity index (χ1) is 11.2. The summed E-state index contributed by atoms with van der Waals surface area (Å²) in [5, 5.41) is 7.23. The number of anilines is 1. The van der Waals surface area contributed by atoms with E-state index in [2.05, 4.69) is 39.6 Å². The summed E-state index contributed by atoms with van der Waals surface area (Å²) < 4.78 is 2.21. The van der Waals surface area contributed by atoms with Crippen molar-refractivity contribution >= 4 is 5.82 Å². The maximum atomic E-state index is 12.3. The van der Waals surface area contributed by atoms with Crippen molar-refractivity contribution in [3.05, 3.63) is 56.2 Å². The van der Waals surface area contributed by atoms with Crippen LogP contribution in [0.4, 0.5) is 5.82 Å². The minimum Gasteiger partial charge on any atom is -0.360 e. The average Bonchev–Trinajstić information content (AvgIpc) is 2.52. The summed E-state index contributed by atoms with van der Waals surface area (Å²) in [5.41, 5.74) is 1.48. The van der Waals surface area contributed by atoms with E-state index in [4.69, 9.17) is 0 Å². The maximum Gasteiger partial charge on any atom is 0.346 e. The Morgan fingerprint density at radius 2 is 1.71 bits per heavy atom. The molecular formula is C17H25N5O2. The SMILES string of the molecule is Cc1ccc([C@@H]([C@H](C)Nc2nn(C)c(=O)n(C)c2=O)N(C)C)cc1. The fourth-order valence-corrected chi connectivity index (χ4v) is 2.88.